The van der Waals surface area contributed by atoms with Gasteiger partial charge in [-0.2, -0.15) is 0 Å². The van der Waals surface area contributed by atoms with Crippen molar-refractivity contribution < 1.29 is 38.5 Å². The molecule has 88 valence electrons. The van der Waals surface area contributed by atoms with Crippen LogP contribution >= 0.6 is 7.60 Å². The maximum Gasteiger partial charge on any atom is 0.338 e. The summed E-state index contributed by atoms with van der Waals surface area (Å²) in [6.45, 7) is 0. The molecule has 2 unspecified atom stereocenters. The van der Waals surface area contributed by atoms with Gasteiger partial charge >= 0.3 is 19.5 Å². The molecule has 0 aliphatic rings. The highest BCUT2D eigenvalue weighted by molar-refractivity contribution is 7.51. The third kappa shape index (κ3) is 6.16. The molecule has 7 nitrogen and oxygen atoms in total. The molecule has 0 bridgehead atoms. The zero-order valence-electron chi connectivity index (χ0n) is 7.41. The Kier molecular flexibility index (Phi) is 4.86. The van der Waals surface area contributed by atoms with Crippen LogP contribution in [0.4, 0.5) is 4.39 Å². The van der Waals surface area contributed by atoms with Crippen molar-refractivity contribution in [1.29, 1.82) is 0 Å². The van der Waals surface area contributed by atoms with E-state index in [-0.39, 0.29) is 0 Å². The van der Waals surface area contributed by atoms with Crippen LogP contribution in [0.3, 0.4) is 0 Å². The van der Waals surface area contributed by atoms with Crippen LogP contribution in [0.15, 0.2) is 0 Å². The predicted octanol–water partition coefficient (Wildman–Crippen LogP) is -0.322. The first-order valence-corrected chi connectivity index (χ1v) is 5.57. The van der Waals surface area contributed by atoms with Crippen molar-refractivity contribution in [2.24, 2.45) is 5.92 Å². The van der Waals surface area contributed by atoms with Crippen molar-refractivity contribution in [1.82, 2.24) is 0 Å². The number of hydrogen-bond acceptors (Lipinski definition) is 3. The molecular weight excluding hydrogens is 234 g/mol. The monoisotopic (exact) mass is 244 g/mol. The number of alkyl halides is 1. The van der Waals surface area contributed by atoms with E-state index in [0.717, 1.165) is 0 Å². The van der Waals surface area contributed by atoms with Crippen molar-refractivity contribution in [3.8, 4) is 0 Å². The Bertz CT molecular complexity index is 298. The van der Waals surface area contributed by atoms with Gasteiger partial charge in [-0.3, -0.25) is 9.36 Å². The number of carbonyl (C=O) groups is 2. The van der Waals surface area contributed by atoms with Gasteiger partial charge in [0.05, 0.1) is 12.1 Å². The van der Waals surface area contributed by atoms with Crippen molar-refractivity contribution in [3.63, 3.8) is 0 Å². The quantitative estimate of drug-likeness (QED) is 0.470. The molecule has 0 aromatic rings. The number of aliphatic carboxylic acids is 2. The van der Waals surface area contributed by atoms with E-state index in [9.17, 15) is 18.5 Å². The Morgan fingerprint density at radius 2 is 1.67 bits per heavy atom. The second kappa shape index (κ2) is 5.20. The van der Waals surface area contributed by atoms with Gasteiger partial charge < -0.3 is 20.0 Å². The second-order valence-electron chi connectivity index (χ2n) is 2.92. The van der Waals surface area contributed by atoms with Crippen LogP contribution in [0.25, 0.3) is 0 Å². The number of rotatable bonds is 6. The van der Waals surface area contributed by atoms with Gasteiger partial charge in [-0.05, 0) is 0 Å². The number of hydrogen-bond donors (Lipinski definition) is 4. The molecule has 0 heterocycles. The standard InChI is InChI=1S/C6H10FO7P/c7-4(6(10)11)1-3(5(8)9)2-15(12,13)14/h3-4H,1-2H2,(H,8,9)(H,10,11)(H2,12,13,14)/i7+0. The number of carboxylic acid groups (broad SMARTS) is 2. The molecule has 0 radical (unpaired) electrons. The van der Waals surface area contributed by atoms with Gasteiger partial charge in [0.1, 0.15) is 0 Å². The summed E-state index contributed by atoms with van der Waals surface area (Å²) in [5.41, 5.74) is 0. The van der Waals surface area contributed by atoms with Gasteiger partial charge in [-0.25, -0.2) is 9.18 Å². The first kappa shape index (κ1) is 14.0. The van der Waals surface area contributed by atoms with Crippen LogP contribution in [0.5, 0.6) is 0 Å². The molecule has 0 aliphatic heterocycles. The van der Waals surface area contributed by atoms with Crippen LogP contribution in [-0.4, -0.2) is 44.3 Å². The van der Waals surface area contributed by atoms with Gasteiger partial charge in [-0.15, -0.1) is 0 Å². The van der Waals surface area contributed by atoms with Gasteiger partial charge in [0.25, 0.3) is 0 Å². The molecule has 4 N–H and O–H groups in total. The lowest BCUT2D eigenvalue weighted by Crippen LogP contribution is -2.26. The van der Waals surface area contributed by atoms with E-state index in [1.54, 1.807) is 0 Å². The average Bonchev–Trinajstić information content (AvgIpc) is 1.99. The molecule has 0 spiro atoms. The van der Waals surface area contributed by atoms with E-state index >= 15 is 0 Å². The second-order valence-corrected chi connectivity index (χ2v) is 4.62. The van der Waals surface area contributed by atoms with E-state index in [4.69, 9.17) is 20.0 Å². The topological polar surface area (TPSA) is 132 Å². The first-order valence-electron chi connectivity index (χ1n) is 3.77. The highest BCUT2D eigenvalue weighted by atomic mass is 31.2. The van der Waals surface area contributed by atoms with Gasteiger partial charge in [0, 0.05) is 6.42 Å². The minimum absolute atomic E-state index is 0.963. The van der Waals surface area contributed by atoms with Crippen molar-refractivity contribution in [2.75, 3.05) is 6.16 Å². The number of halogens is 1. The molecule has 0 aliphatic carbocycles. The van der Waals surface area contributed by atoms with E-state index < -0.39 is 44.2 Å². The summed E-state index contributed by atoms with van der Waals surface area (Å²) in [5.74, 6) is -5.20. The van der Waals surface area contributed by atoms with Crippen molar-refractivity contribution in [2.45, 2.75) is 12.6 Å². The lowest BCUT2D eigenvalue weighted by Gasteiger charge is -2.13. The SMILES string of the molecule is O=C(O)C([19F])CC(CP(=O)(O)O)C(=O)O. The molecule has 9 heteroatoms. The molecular formula is C6H10FO7P. The molecule has 0 saturated heterocycles. The summed E-state index contributed by atoms with van der Waals surface area (Å²) < 4.78 is 23.1. The normalized spacial score (nSPS) is 15.7. The van der Waals surface area contributed by atoms with Gasteiger partial charge in [0.15, 0.2) is 6.17 Å². The van der Waals surface area contributed by atoms with Crippen LogP contribution in [0.2, 0.25) is 0 Å². The smallest absolute Gasteiger partial charge is 0.338 e. The summed E-state index contributed by atoms with van der Waals surface area (Å²) in [6, 6.07) is 0. The largest absolute Gasteiger partial charge is 0.481 e. The molecule has 0 aromatic carbocycles. The third-order valence-corrected chi connectivity index (χ3v) is 2.48. The van der Waals surface area contributed by atoms with Crippen LogP contribution in [0.1, 0.15) is 6.42 Å². The van der Waals surface area contributed by atoms with E-state index in [2.05, 4.69) is 0 Å². The molecule has 0 amide bonds. The first-order chi connectivity index (χ1) is 6.63. The van der Waals surface area contributed by atoms with Gasteiger partial charge in [-0.1, -0.05) is 0 Å². The molecule has 2 atom stereocenters. The van der Waals surface area contributed by atoms with E-state index in [1.165, 1.54) is 0 Å². The zero-order valence-corrected chi connectivity index (χ0v) is 8.30. The fourth-order valence-corrected chi connectivity index (χ4v) is 1.77. The van der Waals surface area contributed by atoms with Crippen molar-refractivity contribution >= 4 is 19.5 Å². The fraction of sp³-hybridized carbons (Fsp3) is 0.667. The summed E-state index contributed by atoms with van der Waals surface area (Å²) in [5, 5.41) is 16.6. The van der Waals surface area contributed by atoms with Crippen molar-refractivity contribution in [3.05, 3.63) is 0 Å². The third-order valence-electron chi connectivity index (χ3n) is 1.57. The van der Waals surface area contributed by atoms with Crippen LogP contribution in [-0.2, 0) is 14.2 Å². The minimum atomic E-state index is -4.60. The highest BCUT2D eigenvalue weighted by Crippen LogP contribution is 2.38. The Hall–Kier alpha value is -0.980. The molecule has 0 saturated carbocycles. The number of carboxylic acids is 2. The Morgan fingerprint density at radius 3 is 1.93 bits per heavy atom. The Labute approximate surface area is 83.7 Å². The molecule has 15 heavy (non-hydrogen) atoms. The summed E-state index contributed by atoms with van der Waals surface area (Å²) in [6.07, 6.45) is -4.48. The van der Waals surface area contributed by atoms with Crippen LogP contribution in [0, 0.1) is 5.92 Å². The molecule has 0 rings (SSSR count). The predicted molar refractivity (Wildman–Crippen MR) is 45.2 cm³/mol. The minimum Gasteiger partial charge on any atom is -0.481 e. The highest BCUT2D eigenvalue weighted by Gasteiger charge is 2.32. The molecule has 0 aromatic heterocycles. The molecule has 0 fully saturated rings. The summed E-state index contributed by atoms with van der Waals surface area (Å²) in [7, 11) is -4.60. The maximum atomic E-state index is 12.6. The zero-order chi connectivity index (χ0) is 12.2. The average molecular weight is 244 g/mol. The Balaban J connectivity index is 4.49. The van der Waals surface area contributed by atoms with E-state index in [1.807, 2.05) is 0 Å². The van der Waals surface area contributed by atoms with Gasteiger partial charge in [0.2, 0.25) is 0 Å². The maximum absolute atomic E-state index is 12.6. The van der Waals surface area contributed by atoms with E-state index in [0.29, 0.717) is 0 Å². The van der Waals surface area contributed by atoms with Crippen LogP contribution < -0.4 is 0 Å². The summed E-state index contributed by atoms with van der Waals surface area (Å²) in [4.78, 5) is 37.4. The fourth-order valence-electron chi connectivity index (χ4n) is 0.891. The summed E-state index contributed by atoms with van der Waals surface area (Å²) >= 11 is 0. The lowest BCUT2D eigenvalue weighted by atomic mass is 10.1. The lowest BCUT2D eigenvalue weighted by molar-refractivity contribution is -0.146. The Morgan fingerprint density at radius 1 is 1.20 bits per heavy atom.